The van der Waals surface area contributed by atoms with Crippen molar-refractivity contribution in [3.05, 3.63) is 65.0 Å². The summed E-state index contributed by atoms with van der Waals surface area (Å²) in [4.78, 5) is 23.0. The Morgan fingerprint density at radius 2 is 1.76 bits per heavy atom. The van der Waals surface area contributed by atoms with Gasteiger partial charge in [-0.1, -0.05) is 12.1 Å². The molecule has 21 heavy (non-hydrogen) atoms. The van der Waals surface area contributed by atoms with Gasteiger partial charge in [-0.2, -0.15) is 0 Å². The van der Waals surface area contributed by atoms with Crippen LogP contribution >= 0.6 is 0 Å². The molecule has 0 atom stereocenters. The first-order chi connectivity index (χ1) is 10.0. The predicted molar refractivity (Wildman–Crippen MR) is 73.7 cm³/mol. The summed E-state index contributed by atoms with van der Waals surface area (Å²) >= 11 is 0. The lowest BCUT2D eigenvalue weighted by atomic mass is 10.1. The third-order valence-electron chi connectivity index (χ3n) is 2.86. The summed E-state index contributed by atoms with van der Waals surface area (Å²) in [6.45, 7) is -0.144. The summed E-state index contributed by atoms with van der Waals surface area (Å²) in [7, 11) is 0. The molecule has 0 bridgehead atoms. The largest absolute Gasteiger partial charge is 0.478 e. The maximum Gasteiger partial charge on any atom is 0.337 e. The number of nitrogens with one attached hydrogen (secondary N) is 1. The number of rotatable bonds is 4. The molecule has 3 N–H and O–H groups in total. The molecular weight excluding hydrogens is 277 g/mol. The number of hydrogen-bond acceptors (Lipinski definition) is 3. The standard InChI is InChI=1S/C15H12FNO4/c16-11-5-6-12(15(20)21)13(7-11)17-14(19)10-3-1-9(8-18)2-4-10/h1-7,18H,8H2,(H,17,19)(H,20,21). The number of carboxylic acids is 1. The van der Waals surface area contributed by atoms with Crippen molar-refractivity contribution < 1.29 is 24.2 Å². The first kappa shape index (κ1) is 14.7. The van der Waals surface area contributed by atoms with E-state index in [1.165, 1.54) is 12.1 Å². The molecule has 2 aromatic carbocycles. The summed E-state index contributed by atoms with van der Waals surface area (Å²) < 4.78 is 13.2. The SMILES string of the molecule is O=C(Nc1cc(F)ccc1C(=O)O)c1ccc(CO)cc1. The van der Waals surface area contributed by atoms with Crippen LogP contribution in [0.25, 0.3) is 0 Å². The molecule has 108 valence electrons. The monoisotopic (exact) mass is 289 g/mol. The van der Waals surface area contributed by atoms with Crippen molar-refractivity contribution in [1.29, 1.82) is 0 Å². The molecule has 0 fully saturated rings. The van der Waals surface area contributed by atoms with Gasteiger partial charge in [0.1, 0.15) is 5.82 Å². The minimum absolute atomic E-state index is 0.112. The van der Waals surface area contributed by atoms with Gasteiger partial charge in [-0.3, -0.25) is 4.79 Å². The van der Waals surface area contributed by atoms with E-state index in [4.69, 9.17) is 10.2 Å². The number of anilines is 1. The summed E-state index contributed by atoms with van der Waals surface area (Å²) in [5, 5.41) is 20.3. The fourth-order valence-corrected chi connectivity index (χ4v) is 1.76. The van der Waals surface area contributed by atoms with Crippen LogP contribution in [-0.4, -0.2) is 22.1 Å². The van der Waals surface area contributed by atoms with Crippen LogP contribution in [0.4, 0.5) is 10.1 Å². The maximum atomic E-state index is 13.2. The highest BCUT2D eigenvalue weighted by Gasteiger charge is 2.14. The molecule has 5 nitrogen and oxygen atoms in total. The Labute approximate surface area is 119 Å². The smallest absolute Gasteiger partial charge is 0.337 e. The molecule has 0 saturated carbocycles. The molecule has 0 saturated heterocycles. The first-order valence-electron chi connectivity index (χ1n) is 6.05. The Bertz CT molecular complexity index is 683. The molecule has 0 aliphatic rings. The lowest BCUT2D eigenvalue weighted by Crippen LogP contribution is -2.15. The van der Waals surface area contributed by atoms with Gasteiger partial charge in [0.15, 0.2) is 0 Å². The van der Waals surface area contributed by atoms with Crippen molar-refractivity contribution in [2.24, 2.45) is 0 Å². The lowest BCUT2D eigenvalue weighted by Gasteiger charge is -2.09. The number of benzene rings is 2. The second-order valence-corrected chi connectivity index (χ2v) is 4.30. The zero-order chi connectivity index (χ0) is 15.4. The number of halogens is 1. The average molecular weight is 289 g/mol. The Hall–Kier alpha value is -2.73. The number of hydrogen-bond donors (Lipinski definition) is 3. The van der Waals surface area contributed by atoms with E-state index >= 15 is 0 Å². The van der Waals surface area contributed by atoms with Gasteiger partial charge in [-0.05, 0) is 35.9 Å². The van der Waals surface area contributed by atoms with Crippen LogP contribution in [0.2, 0.25) is 0 Å². The van der Waals surface area contributed by atoms with E-state index in [0.29, 0.717) is 5.56 Å². The van der Waals surface area contributed by atoms with Crippen molar-refractivity contribution >= 4 is 17.6 Å². The second-order valence-electron chi connectivity index (χ2n) is 4.30. The molecule has 0 aliphatic carbocycles. The Balaban J connectivity index is 2.26. The highest BCUT2D eigenvalue weighted by molar-refractivity contribution is 6.07. The molecule has 0 radical (unpaired) electrons. The van der Waals surface area contributed by atoms with Gasteiger partial charge >= 0.3 is 5.97 Å². The highest BCUT2D eigenvalue weighted by atomic mass is 19.1. The number of aliphatic hydroxyl groups is 1. The van der Waals surface area contributed by atoms with E-state index in [1.54, 1.807) is 12.1 Å². The Kier molecular flexibility index (Phi) is 4.30. The third-order valence-corrected chi connectivity index (χ3v) is 2.86. The minimum Gasteiger partial charge on any atom is -0.478 e. The van der Waals surface area contributed by atoms with Crippen molar-refractivity contribution in [2.75, 3.05) is 5.32 Å². The normalized spacial score (nSPS) is 10.2. The van der Waals surface area contributed by atoms with E-state index in [9.17, 15) is 14.0 Å². The number of carbonyl (C=O) groups is 2. The van der Waals surface area contributed by atoms with Gasteiger partial charge in [0.05, 0.1) is 17.9 Å². The number of amides is 1. The number of aromatic carboxylic acids is 1. The molecule has 1 amide bonds. The van der Waals surface area contributed by atoms with Gasteiger partial charge < -0.3 is 15.5 Å². The van der Waals surface area contributed by atoms with E-state index in [-0.39, 0.29) is 23.4 Å². The summed E-state index contributed by atoms with van der Waals surface area (Å²) in [5.41, 5.74) is 0.604. The van der Waals surface area contributed by atoms with Crippen LogP contribution in [0.1, 0.15) is 26.3 Å². The van der Waals surface area contributed by atoms with Crippen LogP contribution in [0.3, 0.4) is 0 Å². The van der Waals surface area contributed by atoms with E-state index in [1.807, 2.05) is 0 Å². The molecule has 0 spiro atoms. The van der Waals surface area contributed by atoms with Crippen molar-refractivity contribution in [2.45, 2.75) is 6.61 Å². The molecule has 2 rings (SSSR count). The van der Waals surface area contributed by atoms with Crippen LogP contribution < -0.4 is 5.32 Å². The van der Waals surface area contributed by atoms with Crippen LogP contribution in [0, 0.1) is 5.82 Å². The van der Waals surface area contributed by atoms with Gasteiger partial charge in [-0.25, -0.2) is 9.18 Å². The molecule has 2 aromatic rings. The van der Waals surface area contributed by atoms with E-state index in [0.717, 1.165) is 18.2 Å². The molecule has 0 aliphatic heterocycles. The van der Waals surface area contributed by atoms with Crippen LogP contribution in [0.15, 0.2) is 42.5 Å². The number of carboxylic acid groups (broad SMARTS) is 1. The average Bonchev–Trinajstić information content (AvgIpc) is 2.47. The fourth-order valence-electron chi connectivity index (χ4n) is 1.76. The van der Waals surface area contributed by atoms with E-state index < -0.39 is 17.7 Å². The van der Waals surface area contributed by atoms with E-state index in [2.05, 4.69) is 5.32 Å². The van der Waals surface area contributed by atoms with Crippen molar-refractivity contribution in [3.63, 3.8) is 0 Å². The number of carbonyl (C=O) groups excluding carboxylic acids is 1. The summed E-state index contributed by atoms with van der Waals surface area (Å²) in [6.07, 6.45) is 0. The lowest BCUT2D eigenvalue weighted by molar-refractivity contribution is 0.0698. The number of aliphatic hydroxyl groups excluding tert-OH is 1. The summed E-state index contributed by atoms with van der Waals surface area (Å²) in [5.74, 6) is -2.47. The van der Waals surface area contributed by atoms with Crippen molar-refractivity contribution in [1.82, 2.24) is 0 Å². The maximum absolute atomic E-state index is 13.2. The zero-order valence-electron chi connectivity index (χ0n) is 10.8. The predicted octanol–water partition coefficient (Wildman–Crippen LogP) is 2.27. The molecule has 0 heterocycles. The molecule has 6 heteroatoms. The minimum atomic E-state index is -1.26. The van der Waals surface area contributed by atoms with Crippen LogP contribution in [0.5, 0.6) is 0 Å². The van der Waals surface area contributed by atoms with Gasteiger partial charge in [0.25, 0.3) is 5.91 Å². The Morgan fingerprint density at radius 3 is 2.33 bits per heavy atom. The Morgan fingerprint density at radius 1 is 1.10 bits per heavy atom. The third kappa shape index (κ3) is 3.43. The quantitative estimate of drug-likeness (QED) is 0.805. The van der Waals surface area contributed by atoms with Gasteiger partial charge in [0, 0.05) is 5.56 Å². The van der Waals surface area contributed by atoms with Gasteiger partial charge in [-0.15, -0.1) is 0 Å². The van der Waals surface area contributed by atoms with Crippen LogP contribution in [-0.2, 0) is 6.61 Å². The fraction of sp³-hybridized carbons (Fsp3) is 0.0667. The summed E-state index contributed by atoms with van der Waals surface area (Å²) in [6, 6.07) is 9.15. The molecule has 0 unspecified atom stereocenters. The zero-order valence-corrected chi connectivity index (χ0v) is 10.8. The molecular formula is C15H12FNO4. The molecule has 0 aromatic heterocycles. The van der Waals surface area contributed by atoms with Gasteiger partial charge in [0.2, 0.25) is 0 Å². The van der Waals surface area contributed by atoms with Crippen molar-refractivity contribution in [3.8, 4) is 0 Å². The first-order valence-corrected chi connectivity index (χ1v) is 6.05. The second kappa shape index (κ2) is 6.15. The highest BCUT2D eigenvalue weighted by Crippen LogP contribution is 2.18. The topological polar surface area (TPSA) is 86.6 Å².